The number of nitrogens with one attached hydrogen (secondary N) is 1. The summed E-state index contributed by atoms with van der Waals surface area (Å²) in [6.45, 7) is 5.48. The molecule has 0 aromatic carbocycles. The van der Waals surface area contributed by atoms with Crippen LogP contribution in [0.5, 0.6) is 0 Å². The molecule has 0 aromatic rings. The Morgan fingerprint density at radius 3 is 2.47 bits per heavy atom. The average molecular weight is 267 g/mol. The second kappa shape index (κ2) is 5.51. The van der Waals surface area contributed by atoms with Crippen LogP contribution in [0.25, 0.3) is 0 Å². The molecule has 0 spiro atoms. The molecule has 2 rings (SSSR count). The molecule has 1 amide bonds. The van der Waals surface area contributed by atoms with E-state index in [4.69, 9.17) is 4.74 Å². The van der Waals surface area contributed by atoms with Crippen LogP contribution in [0, 0.1) is 11.8 Å². The standard InChI is InChI=1S/C15H25NO3/c1-15(2,3)19-14(18)16-12-8-10-6-4-5-7-11(10)9-13(12)17/h10-12H,4-9H2,1-3H3,(H,16,18). The number of amides is 1. The van der Waals surface area contributed by atoms with Crippen LogP contribution in [0.3, 0.4) is 0 Å². The predicted molar refractivity (Wildman–Crippen MR) is 72.8 cm³/mol. The van der Waals surface area contributed by atoms with Crippen molar-refractivity contribution >= 4 is 11.9 Å². The van der Waals surface area contributed by atoms with E-state index in [1.165, 1.54) is 25.7 Å². The molecule has 0 bridgehead atoms. The Morgan fingerprint density at radius 1 is 1.21 bits per heavy atom. The van der Waals surface area contributed by atoms with E-state index in [1.807, 2.05) is 20.8 Å². The van der Waals surface area contributed by atoms with Gasteiger partial charge in [-0.15, -0.1) is 0 Å². The highest BCUT2D eigenvalue weighted by Gasteiger charge is 2.38. The lowest BCUT2D eigenvalue weighted by atomic mass is 9.69. The fourth-order valence-electron chi connectivity index (χ4n) is 3.29. The van der Waals surface area contributed by atoms with Crippen LogP contribution in [0.15, 0.2) is 0 Å². The van der Waals surface area contributed by atoms with Gasteiger partial charge in [-0.05, 0) is 45.4 Å². The Morgan fingerprint density at radius 2 is 1.84 bits per heavy atom. The third kappa shape index (κ3) is 3.95. The van der Waals surface area contributed by atoms with E-state index >= 15 is 0 Å². The zero-order valence-electron chi connectivity index (χ0n) is 12.2. The molecule has 3 atom stereocenters. The Labute approximate surface area is 115 Å². The normalized spacial score (nSPS) is 31.5. The lowest BCUT2D eigenvalue weighted by molar-refractivity contribution is -0.126. The van der Waals surface area contributed by atoms with Crippen molar-refractivity contribution < 1.29 is 14.3 Å². The smallest absolute Gasteiger partial charge is 0.408 e. The molecule has 2 aliphatic rings. The van der Waals surface area contributed by atoms with E-state index in [0.29, 0.717) is 18.3 Å². The zero-order valence-corrected chi connectivity index (χ0v) is 12.2. The van der Waals surface area contributed by atoms with Gasteiger partial charge < -0.3 is 10.1 Å². The Hall–Kier alpha value is -1.06. The average Bonchev–Trinajstić information content (AvgIpc) is 2.27. The number of Topliss-reactive ketones (excluding diaryl/α,β-unsaturated/α-hetero) is 1. The molecule has 2 saturated carbocycles. The first kappa shape index (κ1) is 14.4. The number of ketones is 1. The number of hydrogen-bond acceptors (Lipinski definition) is 3. The van der Waals surface area contributed by atoms with Crippen molar-refractivity contribution in [3.63, 3.8) is 0 Å². The highest BCUT2D eigenvalue weighted by atomic mass is 16.6. The summed E-state index contributed by atoms with van der Waals surface area (Å²) >= 11 is 0. The zero-order chi connectivity index (χ0) is 14.0. The van der Waals surface area contributed by atoms with Gasteiger partial charge in [0.1, 0.15) is 5.60 Å². The van der Waals surface area contributed by atoms with Crippen LogP contribution in [0.4, 0.5) is 4.79 Å². The first-order valence-corrected chi connectivity index (χ1v) is 7.37. The molecule has 4 nitrogen and oxygen atoms in total. The van der Waals surface area contributed by atoms with Gasteiger partial charge >= 0.3 is 6.09 Å². The summed E-state index contributed by atoms with van der Waals surface area (Å²) < 4.78 is 5.22. The number of hydrogen-bond donors (Lipinski definition) is 1. The molecule has 0 radical (unpaired) electrons. The van der Waals surface area contributed by atoms with Crippen molar-refractivity contribution in [2.75, 3.05) is 0 Å². The van der Waals surface area contributed by atoms with Crippen molar-refractivity contribution in [1.29, 1.82) is 0 Å². The van der Waals surface area contributed by atoms with Gasteiger partial charge in [0.05, 0.1) is 6.04 Å². The SMILES string of the molecule is CC(C)(C)OC(=O)NC1CC2CCCCC2CC1=O. The number of ether oxygens (including phenoxy) is 1. The summed E-state index contributed by atoms with van der Waals surface area (Å²) in [5, 5.41) is 2.75. The van der Waals surface area contributed by atoms with Gasteiger partial charge in [-0.25, -0.2) is 4.79 Å². The molecule has 1 N–H and O–H groups in total. The summed E-state index contributed by atoms with van der Waals surface area (Å²) in [4.78, 5) is 23.8. The molecule has 0 saturated heterocycles. The Kier molecular flexibility index (Phi) is 4.16. The Bertz CT molecular complexity index is 359. The molecule has 3 unspecified atom stereocenters. The minimum Gasteiger partial charge on any atom is -0.444 e. The van der Waals surface area contributed by atoms with Crippen molar-refractivity contribution in [2.45, 2.75) is 70.9 Å². The minimum atomic E-state index is -0.519. The lowest BCUT2D eigenvalue weighted by Gasteiger charge is -2.38. The second-order valence-corrected chi connectivity index (χ2v) is 6.91. The quantitative estimate of drug-likeness (QED) is 0.794. The molecular weight excluding hydrogens is 242 g/mol. The second-order valence-electron chi connectivity index (χ2n) is 6.91. The van der Waals surface area contributed by atoms with Gasteiger partial charge in [-0.2, -0.15) is 0 Å². The van der Waals surface area contributed by atoms with Crippen LogP contribution in [-0.4, -0.2) is 23.5 Å². The fourth-order valence-corrected chi connectivity index (χ4v) is 3.29. The molecule has 0 heterocycles. The maximum atomic E-state index is 12.1. The third-order valence-corrected chi connectivity index (χ3v) is 4.15. The number of carbonyl (C=O) groups is 2. The van der Waals surface area contributed by atoms with E-state index in [-0.39, 0.29) is 11.8 Å². The van der Waals surface area contributed by atoms with Gasteiger partial charge in [0.25, 0.3) is 0 Å². The molecule has 0 aromatic heterocycles. The van der Waals surface area contributed by atoms with E-state index in [2.05, 4.69) is 5.32 Å². The molecular formula is C15H25NO3. The van der Waals surface area contributed by atoms with Crippen LogP contribution in [0.2, 0.25) is 0 Å². The molecule has 108 valence electrons. The van der Waals surface area contributed by atoms with Crippen molar-refractivity contribution in [1.82, 2.24) is 5.32 Å². The van der Waals surface area contributed by atoms with Crippen molar-refractivity contribution in [3.05, 3.63) is 0 Å². The summed E-state index contributed by atoms with van der Waals surface area (Å²) in [6.07, 6.45) is 5.83. The van der Waals surface area contributed by atoms with E-state index in [0.717, 1.165) is 6.42 Å². The van der Waals surface area contributed by atoms with E-state index in [9.17, 15) is 9.59 Å². The molecule has 2 aliphatic carbocycles. The first-order valence-electron chi connectivity index (χ1n) is 7.37. The molecule has 2 fully saturated rings. The maximum Gasteiger partial charge on any atom is 0.408 e. The van der Waals surface area contributed by atoms with Gasteiger partial charge in [0, 0.05) is 6.42 Å². The predicted octanol–water partition coefficient (Wildman–Crippen LogP) is 3.05. The van der Waals surface area contributed by atoms with Crippen molar-refractivity contribution in [2.24, 2.45) is 11.8 Å². The highest BCUT2D eigenvalue weighted by Crippen LogP contribution is 2.39. The van der Waals surface area contributed by atoms with Crippen LogP contribution >= 0.6 is 0 Å². The Balaban J connectivity index is 1.90. The van der Waals surface area contributed by atoms with Crippen LogP contribution < -0.4 is 5.32 Å². The largest absolute Gasteiger partial charge is 0.444 e. The summed E-state index contributed by atoms with van der Waals surface area (Å²) in [7, 11) is 0. The molecule has 0 aliphatic heterocycles. The van der Waals surface area contributed by atoms with Crippen molar-refractivity contribution in [3.8, 4) is 0 Å². The van der Waals surface area contributed by atoms with Gasteiger partial charge in [-0.3, -0.25) is 4.79 Å². The minimum absolute atomic E-state index is 0.175. The van der Waals surface area contributed by atoms with Crippen LogP contribution in [0.1, 0.15) is 59.3 Å². The maximum absolute atomic E-state index is 12.1. The van der Waals surface area contributed by atoms with Gasteiger partial charge in [0.15, 0.2) is 5.78 Å². The summed E-state index contributed by atoms with van der Waals surface area (Å²) in [6, 6.07) is -0.339. The lowest BCUT2D eigenvalue weighted by Crippen LogP contribution is -2.49. The van der Waals surface area contributed by atoms with Gasteiger partial charge in [-0.1, -0.05) is 19.3 Å². The number of fused-ring (bicyclic) bond motifs is 1. The monoisotopic (exact) mass is 267 g/mol. The number of carbonyl (C=O) groups excluding carboxylic acids is 2. The van der Waals surface area contributed by atoms with E-state index in [1.54, 1.807) is 0 Å². The van der Waals surface area contributed by atoms with Crippen LogP contribution in [-0.2, 0) is 9.53 Å². The number of rotatable bonds is 1. The topological polar surface area (TPSA) is 55.4 Å². The fraction of sp³-hybridized carbons (Fsp3) is 0.867. The third-order valence-electron chi connectivity index (χ3n) is 4.15. The van der Waals surface area contributed by atoms with Gasteiger partial charge in [0.2, 0.25) is 0 Å². The summed E-state index contributed by atoms with van der Waals surface area (Å²) in [5.74, 6) is 1.33. The first-order chi connectivity index (χ1) is 8.85. The number of alkyl carbamates (subject to hydrolysis) is 1. The summed E-state index contributed by atoms with van der Waals surface area (Å²) in [5.41, 5.74) is -0.519. The molecule has 4 heteroatoms. The molecule has 19 heavy (non-hydrogen) atoms. The van der Waals surface area contributed by atoms with E-state index < -0.39 is 11.7 Å². The highest BCUT2D eigenvalue weighted by molar-refractivity contribution is 5.88.